The van der Waals surface area contributed by atoms with E-state index < -0.39 is 0 Å². The molecule has 1 N–H and O–H groups in total. The van der Waals surface area contributed by atoms with E-state index in [9.17, 15) is 0 Å². The van der Waals surface area contributed by atoms with Crippen molar-refractivity contribution in [3.05, 3.63) is 16.7 Å². The number of imidazole rings is 1. The highest BCUT2D eigenvalue weighted by Gasteiger charge is 2.24. The third kappa shape index (κ3) is 2.24. The Kier molecular flexibility index (Phi) is 3.85. The average molecular weight is 238 g/mol. The molecule has 16 heavy (non-hydrogen) atoms. The molecule has 0 aromatic carbocycles. The Hall–Kier alpha value is -0.570. The van der Waals surface area contributed by atoms with Gasteiger partial charge in [-0.3, -0.25) is 0 Å². The van der Waals surface area contributed by atoms with Crippen LogP contribution in [-0.4, -0.2) is 9.55 Å². The lowest BCUT2D eigenvalue weighted by Crippen LogP contribution is -2.22. The van der Waals surface area contributed by atoms with E-state index in [0.717, 1.165) is 10.7 Å². The molecule has 90 valence electrons. The first-order chi connectivity index (χ1) is 7.74. The third-order valence-corrected chi connectivity index (χ3v) is 4.26. The second-order valence-corrected chi connectivity index (χ2v) is 5.37. The van der Waals surface area contributed by atoms with Crippen LogP contribution in [0.1, 0.15) is 57.2 Å². The summed E-state index contributed by atoms with van der Waals surface area (Å²) < 4.78 is 3.24. The lowest BCUT2D eigenvalue weighted by atomic mass is 9.82. The fourth-order valence-electron chi connectivity index (χ4n) is 3.12. The van der Waals surface area contributed by atoms with Gasteiger partial charge in [-0.25, -0.2) is 0 Å². The van der Waals surface area contributed by atoms with Gasteiger partial charge in [0.15, 0.2) is 4.77 Å². The molecule has 1 heterocycles. The highest BCUT2D eigenvalue weighted by molar-refractivity contribution is 7.71. The quantitative estimate of drug-likeness (QED) is 0.775. The number of aryl methyl sites for hydroxylation is 1. The lowest BCUT2D eigenvalue weighted by Gasteiger charge is -2.31. The van der Waals surface area contributed by atoms with Crippen LogP contribution in [0.2, 0.25) is 0 Å². The molecule has 0 bridgehead atoms. The van der Waals surface area contributed by atoms with Crippen LogP contribution in [-0.2, 0) is 0 Å². The van der Waals surface area contributed by atoms with Gasteiger partial charge < -0.3 is 9.55 Å². The minimum absolute atomic E-state index is 0.610. The van der Waals surface area contributed by atoms with Crippen molar-refractivity contribution < 1.29 is 0 Å². The minimum Gasteiger partial charge on any atom is -0.337 e. The normalized spacial score (nSPS) is 19.9. The molecule has 2 nitrogen and oxygen atoms in total. The van der Waals surface area contributed by atoms with Crippen molar-refractivity contribution in [2.24, 2.45) is 5.92 Å². The van der Waals surface area contributed by atoms with Crippen LogP contribution in [0.3, 0.4) is 0 Å². The van der Waals surface area contributed by atoms with Crippen molar-refractivity contribution in [2.75, 3.05) is 0 Å². The summed E-state index contributed by atoms with van der Waals surface area (Å²) in [5.41, 5.74) is 1.28. The molecule has 0 amide bonds. The summed E-state index contributed by atoms with van der Waals surface area (Å²) in [5.74, 6) is 0.833. The first-order valence-electron chi connectivity index (χ1n) is 6.50. The van der Waals surface area contributed by atoms with Crippen LogP contribution in [0, 0.1) is 17.6 Å². The van der Waals surface area contributed by atoms with Gasteiger partial charge in [0.05, 0.1) is 0 Å². The summed E-state index contributed by atoms with van der Waals surface area (Å²) in [7, 11) is 0. The number of hydrogen-bond donors (Lipinski definition) is 1. The Morgan fingerprint density at radius 2 is 2.12 bits per heavy atom. The predicted octanol–water partition coefficient (Wildman–Crippen LogP) is 4.39. The van der Waals surface area contributed by atoms with Crippen LogP contribution in [0.25, 0.3) is 0 Å². The van der Waals surface area contributed by atoms with E-state index in [1.807, 2.05) is 6.20 Å². The number of nitrogens with zero attached hydrogens (tertiary/aromatic N) is 1. The number of nitrogens with one attached hydrogen (secondary N) is 1. The largest absolute Gasteiger partial charge is 0.337 e. The molecule has 0 radical (unpaired) electrons. The van der Waals surface area contributed by atoms with Gasteiger partial charge in [-0.2, -0.15) is 0 Å². The molecule has 1 aliphatic carbocycles. The summed E-state index contributed by atoms with van der Waals surface area (Å²) in [4.78, 5) is 3.17. The molecule has 1 atom stereocenters. The molecular formula is C13H22N2S. The van der Waals surface area contributed by atoms with Crippen LogP contribution in [0.5, 0.6) is 0 Å². The maximum atomic E-state index is 5.39. The number of hydrogen-bond acceptors (Lipinski definition) is 1. The van der Waals surface area contributed by atoms with E-state index in [1.165, 1.54) is 44.2 Å². The highest BCUT2D eigenvalue weighted by Crippen LogP contribution is 2.35. The standard InChI is InChI=1S/C13H22N2S/c1-3-12(11-7-5-4-6-8-11)15-10(2)9-14-13(15)16/h9,11-12H,3-8H2,1-2H3,(H,14,16). The summed E-state index contributed by atoms with van der Waals surface area (Å²) in [6, 6.07) is 0.610. The first-order valence-corrected chi connectivity index (χ1v) is 6.91. The second kappa shape index (κ2) is 5.17. The zero-order valence-corrected chi connectivity index (χ0v) is 11.1. The Bertz CT molecular complexity index is 385. The summed E-state index contributed by atoms with van der Waals surface area (Å²) >= 11 is 5.39. The number of H-pyrrole nitrogens is 1. The van der Waals surface area contributed by atoms with Crippen LogP contribution < -0.4 is 0 Å². The van der Waals surface area contributed by atoms with Crippen molar-refractivity contribution in [1.29, 1.82) is 0 Å². The SMILES string of the molecule is CCC(C1CCCCC1)n1c(C)c[nH]c1=S. The molecule has 1 saturated carbocycles. The predicted molar refractivity (Wildman–Crippen MR) is 70.3 cm³/mol. The van der Waals surface area contributed by atoms with Crippen molar-refractivity contribution in [2.45, 2.75) is 58.4 Å². The number of rotatable bonds is 3. The topological polar surface area (TPSA) is 20.7 Å². The summed E-state index contributed by atoms with van der Waals surface area (Å²) in [6.45, 7) is 4.44. The van der Waals surface area contributed by atoms with E-state index in [1.54, 1.807) is 0 Å². The van der Waals surface area contributed by atoms with Gasteiger partial charge in [-0.05, 0) is 44.3 Å². The Morgan fingerprint density at radius 3 is 2.62 bits per heavy atom. The smallest absolute Gasteiger partial charge is 0.177 e. The van der Waals surface area contributed by atoms with E-state index in [-0.39, 0.29) is 0 Å². The molecule has 1 aromatic heterocycles. The van der Waals surface area contributed by atoms with Gasteiger partial charge in [0.2, 0.25) is 0 Å². The molecular weight excluding hydrogens is 216 g/mol. The Morgan fingerprint density at radius 1 is 1.44 bits per heavy atom. The van der Waals surface area contributed by atoms with Crippen LogP contribution in [0.15, 0.2) is 6.20 Å². The van der Waals surface area contributed by atoms with Gasteiger partial charge in [0, 0.05) is 17.9 Å². The molecule has 2 rings (SSSR count). The Balaban J connectivity index is 2.24. The van der Waals surface area contributed by atoms with Crippen LogP contribution in [0.4, 0.5) is 0 Å². The summed E-state index contributed by atoms with van der Waals surface area (Å²) in [5, 5.41) is 0. The van der Waals surface area contributed by atoms with Gasteiger partial charge >= 0.3 is 0 Å². The van der Waals surface area contributed by atoms with Gasteiger partial charge in [0.25, 0.3) is 0 Å². The van der Waals surface area contributed by atoms with Gasteiger partial charge in [-0.15, -0.1) is 0 Å². The van der Waals surface area contributed by atoms with E-state index >= 15 is 0 Å². The average Bonchev–Trinajstić information content (AvgIpc) is 2.63. The zero-order valence-electron chi connectivity index (χ0n) is 10.3. The molecule has 1 aliphatic rings. The lowest BCUT2D eigenvalue weighted by molar-refractivity contribution is 0.239. The number of aromatic amines is 1. The third-order valence-electron chi connectivity index (χ3n) is 3.95. The molecule has 0 saturated heterocycles. The first kappa shape index (κ1) is 11.9. The second-order valence-electron chi connectivity index (χ2n) is 4.98. The van der Waals surface area contributed by atoms with Crippen molar-refractivity contribution in [1.82, 2.24) is 9.55 Å². The maximum absolute atomic E-state index is 5.39. The zero-order chi connectivity index (χ0) is 11.5. The van der Waals surface area contributed by atoms with Crippen molar-refractivity contribution >= 4 is 12.2 Å². The monoisotopic (exact) mass is 238 g/mol. The van der Waals surface area contributed by atoms with Gasteiger partial charge in [0.1, 0.15) is 0 Å². The highest BCUT2D eigenvalue weighted by atomic mass is 32.1. The molecule has 0 aliphatic heterocycles. The molecule has 1 unspecified atom stereocenters. The van der Waals surface area contributed by atoms with Gasteiger partial charge in [-0.1, -0.05) is 26.2 Å². The molecule has 1 aromatic rings. The van der Waals surface area contributed by atoms with Crippen molar-refractivity contribution in [3.63, 3.8) is 0 Å². The fourth-order valence-corrected chi connectivity index (χ4v) is 3.46. The molecule has 1 fully saturated rings. The minimum atomic E-state index is 0.610. The molecule has 3 heteroatoms. The fraction of sp³-hybridized carbons (Fsp3) is 0.769. The van der Waals surface area contributed by atoms with E-state index in [4.69, 9.17) is 12.2 Å². The van der Waals surface area contributed by atoms with Crippen LogP contribution >= 0.6 is 12.2 Å². The number of aromatic nitrogens is 2. The van der Waals surface area contributed by atoms with E-state index in [0.29, 0.717) is 6.04 Å². The maximum Gasteiger partial charge on any atom is 0.177 e. The van der Waals surface area contributed by atoms with E-state index in [2.05, 4.69) is 23.4 Å². The molecule has 0 spiro atoms. The summed E-state index contributed by atoms with van der Waals surface area (Å²) in [6.07, 6.45) is 10.2. The van der Waals surface area contributed by atoms with Crippen molar-refractivity contribution in [3.8, 4) is 0 Å². The Labute approximate surface area is 103 Å².